The number of aryl methyl sites for hydroxylation is 1. The summed E-state index contributed by atoms with van der Waals surface area (Å²) in [6, 6.07) is 17.3. The first-order chi connectivity index (χ1) is 12.1. The van der Waals surface area contributed by atoms with Crippen molar-refractivity contribution in [1.29, 1.82) is 0 Å². The summed E-state index contributed by atoms with van der Waals surface area (Å²) in [6.45, 7) is 1.85. The average Bonchev–Trinajstić information content (AvgIpc) is 2.91. The van der Waals surface area contributed by atoms with Gasteiger partial charge >= 0.3 is 5.97 Å². The molecule has 1 aliphatic heterocycles. The largest absolute Gasteiger partial charge is 0.467 e. The number of carbonyl (C=O) groups is 2. The molecule has 5 nitrogen and oxygen atoms in total. The fraction of sp³-hybridized carbons (Fsp3) is 0.200. The number of para-hydroxylation sites is 1. The van der Waals surface area contributed by atoms with Crippen LogP contribution in [0.15, 0.2) is 54.6 Å². The first-order valence-electron chi connectivity index (χ1n) is 8.05. The van der Waals surface area contributed by atoms with Gasteiger partial charge in [0, 0.05) is 16.6 Å². The minimum absolute atomic E-state index is 0.426. The highest BCUT2D eigenvalue weighted by atomic mass is 16.6. The summed E-state index contributed by atoms with van der Waals surface area (Å²) in [5, 5.41) is 0.943. The summed E-state index contributed by atoms with van der Waals surface area (Å²) in [7, 11) is 1.26. The zero-order valence-electron chi connectivity index (χ0n) is 13.9. The third-order valence-electron chi connectivity index (χ3n) is 4.56. The summed E-state index contributed by atoms with van der Waals surface area (Å²) in [6.07, 6.45) is -1.84. The Morgan fingerprint density at radius 1 is 1.12 bits per heavy atom. The van der Waals surface area contributed by atoms with Crippen molar-refractivity contribution in [2.75, 3.05) is 7.11 Å². The Morgan fingerprint density at radius 2 is 1.88 bits per heavy atom. The molecule has 25 heavy (non-hydrogen) atoms. The molecule has 1 aliphatic rings. The summed E-state index contributed by atoms with van der Waals surface area (Å²) < 4.78 is 12.4. The van der Waals surface area contributed by atoms with Gasteiger partial charge in [-0.3, -0.25) is 9.36 Å². The van der Waals surface area contributed by atoms with Crippen LogP contribution in [0.5, 0.6) is 0 Å². The number of methoxy groups -OCH3 is 1. The van der Waals surface area contributed by atoms with Gasteiger partial charge in [0.1, 0.15) is 6.10 Å². The van der Waals surface area contributed by atoms with E-state index in [4.69, 9.17) is 9.47 Å². The molecule has 0 aliphatic carbocycles. The zero-order valence-corrected chi connectivity index (χ0v) is 13.9. The second kappa shape index (κ2) is 5.86. The monoisotopic (exact) mass is 335 g/mol. The lowest BCUT2D eigenvalue weighted by Crippen LogP contribution is -2.37. The van der Waals surface area contributed by atoms with E-state index in [9.17, 15) is 9.59 Å². The van der Waals surface area contributed by atoms with Crippen LogP contribution in [-0.2, 0) is 14.3 Å². The maximum atomic E-state index is 13.0. The van der Waals surface area contributed by atoms with E-state index < -0.39 is 24.1 Å². The standard InChI is InChI=1S/C20H17NO4/c1-12-11-14-9-6-10-15-16(14)21(12)19(22)18(20(23)24-2)25-17(15)13-7-4-3-5-8-13/h3-11,17-18H,1-2H3. The van der Waals surface area contributed by atoms with Gasteiger partial charge in [-0.05, 0) is 18.6 Å². The molecule has 4 rings (SSSR count). The third kappa shape index (κ3) is 2.36. The average molecular weight is 335 g/mol. The number of hydrogen-bond donors (Lipinski definition) is 0. The molecular weight excluding hydrogens is 318 g/mol. The topological polar surface area (TPSA) is 57.5 Å². The van der Waals surface area contributed by atoms with Crippen LogP contribution in [0, 0.1) is 6.92 Å². The Kier molecular flexibility index (Phi) is 3.66. The predicted octanol–water partition coefficient (Wildman–Crippen LogP) is 3.25. The van der Waals surface area contributed by atoms with E-state index in [1.807, 2.05) is 61.5 Å². The second-order valence-corrected chi connectivity index (χ2v) is 6.07. The maximum Gasteiger partial charge on any atom is 0.344 e. The zero-order chi connectivity index (χ0) is 17.6. The molecule has 0 bridgehead atoms. The Labute approximate surface area is 144 Å². The van der Waals surface area contributed by atoms with E-state index in [0.29, 0.717) is 0 Å². The van der Waals surface area contributed by atoms with Crippen molar-refractivity contribution < 1.29 is 19.1 Å². The van der Waals surface area contributed by atoms with Gasteiger partial charge in [0.25, 0.3) is 5.91 Å². The fourth-order valence-electron chi connectivity index (χ4n) is 3.45. The van der Waals surface area contributed by atoms with Crippen LogP contribution in [0.2, 0.25) is 0 Å². The first-order valence-corrected chi connectivity index (χ1v) is 8.05. The predicted molar refractivity (Wildman–Crippen MR) is 92.5 cm³/mol. The van der Waals surface area contributed by atoms with Crippen molar-refractivity contribution in [3.63, 3.8) is 0 Å². The molecule has 0 N–H and O–H groups in total. The number of ether oxygens (including phenoxy) is 2. The Balaban J connectivity index is 2.01. The van der Waals surface area contributed by atoms with Crippen LogP contribution in [0.4, 0.5) is 0 Å². The molecular formula is C20H17NO4. The number of nitrogens with zero attached hydrogens (tertiary/aromatic N) is 1. The molecule has 3 aromatic rings. The highest BCUT2D eigenvalue weighted by molar-refractivity contribution is 6.07. The molecule has 1 aromatic heterocycles. The van der Waals surface area contributed by atoms with Gasteiger partial charge in [-0.1, -0.05) is 48.5 Å². The molecule has 0 fully saturated rings. The highest BCUT2D eigenvalue weighted by Gasteiger charge is 2.38. The van der Waals surface area contributed by atoms with Crippen molar-refractivity contribution in [2.45, 2.75) is 19.1 Å². The second-order valence-electron chi connectivity index (χ2n) is 6.07. The van der Waals surface area contributed by atoms with Crippen molar-refractivity contribution in [3.8, 4) is 0 Å². The minimum atomic E-state index is -1.31. The lowest BCUT2D eigenvalue weighted by molar-refractivity contribution is -0.153. The number of carbonyl (C=O) groups excluding carboxylic acids is 2. The lowest BCUT2D eigenvalue weighted by atomic mass is 9.99. The van der Waals surface area contributed by atoms with Gasteiger partial charge < -0.3 is 9.47 Å². The number of hydrogen-bond acceptors (Lipinski definition) is 4. The van der Waals surface area contributed by atoms with Crippen LogP contribution in [-0.4, -0.2) is 29.7 Å². The number of benzene rings is 2. The van der Waals surface area contributed by atoms with E-state index in [2.05, 4.69) is 0 Å². The Morgan fingerprint density at radius 3 is 2.60 bits per heavy atom. The third-order valence-corrected chi connectivity index (χ3v) is 4.56. The molecule has 2 aromatic carbocycles. The van der Waals surface area contributed by atoms with Crippen LogP contribution >= 0.6 is 0 Å². The fourth-order valence-corrected chi connectivity index (χ4v) is 3.45. The molecule has 0 saturated carbocycles. The van der Waals surface area contributed by atoms with E-state index in [1.165, 1.54) is 7.11 Å². The molecule has 2 atom stereocenters. The molecule has 0 amide bonds. The number of aromatic nitrogens is 1. The van der Waals surface area contributed by atoms with Gasteiger partial charge in [0.05, 0.1) is 12.6 Å². The lowest BCUT2D eigenvalue weighted by Gasteiger charge is -2.20. The summed E-state index contributed by atoms with van der Waals surface area (Å²) in [4.78, 5) is 25.2. The van der Waals surface area contributed by atoms with E-state index >= 15 is 0 Å². The molecule has 5 heteroatoms. The quantitative estimate of drug-likeness (QED) is 0.533. The van der Waals surface area contributed by atoms with Crippen LogP contribution < -0.4 is 0 Å². The summed E-state index contributed by atoms with van der Waals surface area (Å²) in [5.74, 6) is -1.12. The SMILES string of the molecule is COC(=O)C1OC(c2ccccc2)c2cccc3cc(C)n(c23)C1=O. The van der Waals surface area contributed by atoms with Crippen molar-refractivity contribution in [2.24, 2.45) is 0 Å². The summed E-state index contributed by atoms with van der Waals surface area (Å²) >= 11 is 0. The molecule has 2 unspecified atom stereocenters. The molecule has 126 valence electrons. The smallest absolute Gasteiger partial charge is 0.344 e. The Bertz CT molecular complexity index is 974. The molecule has 0 spiro atoms. The normalized spacial score (nSPS) is 19.7. The minimum Gasteiger partial charge on any atom is -0.467 e. The van der Waals surface area contributed by atoms with Crippen LogP contribution in [0.1, 0.15) is 27.7 Å². The van der Waals surface area contributed by atoms with Gasteiger partial charge in [0.15, 0.2) is 0 Å². The summed E-state index contributed by atoms with van der Waals surface area (Å²) in [5.41, 5.74) is 3.28. The van der Waals surface area contributed by atoms with E-state index in [-0.39, 0.29) is 0 Å². The van der Waals surface area contributed by atoms with Crippen molar-refractivity contribution >= 4 is 22.8 Å². The van der Waals surface area contributed by atoms with Gasteiger partial charge in [0.2, 0.25) is 6.10 Å². The maximum absolute atomic E-state index is 13.0. The Hall–Kier alpha value is -2.92. The highest BCUT2D eigenvalue weighted by Crippen LogP contribution is 2.37. The van der Waals surface area contributed by atoms with Crippen LogP contribution in [0.3, 0.4) is 0 Å². The molecule has 0 radical (unpaired) electrons. The van der Waals surface area contributed by atoms with E-state index in [0.717, 1.165) is 27.7 Å². The molecule has 2 heterocycles. The van der Waals surface area contributed by atoms with Crippen molar-refractivity contribution in [3.05, 3.63) is 71.4 Å². The number of rotatable bonds is 2. The van der Waals surface area contributed by atoms with Gasteiger partial charge in [-0.2, -0.15) is 0 Å². The van der Waals surface area contributed by atoms with Gasteiger partial charge in [-0.15, -0.1) is 0 Å². The first kappa shape index (κ1) is 15.6. The van der Waals surface area contributed by atoms with Gasteiger partial charge in [-0.25, -0.2) is 4.79 Å². The molecule has 0 saturated heterocycles. The van der Waals surface area contributed by atoms with Crippen LogP contribution in [0.25, 0.3) is 10.9 Å². The van der Waals surface area contributed by atoms with Crippen molar-refractivity contribution in [1.82, 2.24) is 4.57 Å². The van der Waals surface area contributed by atoms with E-state index in [1.54, 1.807) is 4.57 Å². The number of esters is 1.